The average molecular weight is 263 g/mol. The molecule has 0 amide bonds. The van der Waals surface area contributed by atoms with Crippen molar-refractivity contribution in [2.45, 2.75) is 13.0 Å². The molecule has 2 nitrogen and oxygen atoms in total. The van der Waals surface area contributed by atoms with E-state index in [9.17, 15) is 5.11 Å². The third-order valence-electron chi connectivity index (χ3n) is 2.85. The Balaban J connectivity index is 2.42. The first-order valence-electron chi connectivity index (χ1n) is 5.70. The van der Waals surface area contributed by atoms with Crippen molar-refractivity contribution < 1.29 is 9.84 Å². The van der Waals surface area contributed by atoms with Crippen LogP contribution in [0.3, 0.4) is 0 Å². The number of hydrogen-bond acceptors (Lipinski definition) is 2. The molecule has 0 aromatic heterocycles. The molecule has 18 heavy (non-hydrogen) atoms. The molecule has 0 saturated carbocycles. The summed E-state index contributed by atoms with van der Waals surface area (Å²) in [5, 5.41) is 11.0. The van der Waals surface area contributed by atoms with E-state index in [1.165, 1.54) is 0 Å². The Morgan fingerprint density at radius 3 is 2.61 bits per heavy atom. The van der Waals surface area contributed by atoms with Gasteiger partial charge in [0.1, 0.15) is 11.9 Å². The van der Waals surface area contributed by atoms with Crippen molar-refractivity contribution in [3.05, 3.63) is 64.2 Å². The fourth-order valence-corrected chi connectivity index (χ4v) is 2.10. The van der Waals surface area contributed by atoms with Crippen LogP contribution in [0.1, 0.15) is 22.8 Å². The fourth-order valence-electron chi connectivity index (χ4n) is 1.90. The van der Waals surface area contributed by atoms with E-state index in [0.29, 0.717) is 10.8 Å². The van der Waals surface area contributed by atoms with E-state index >= 15 is 0 Å². The molecule has 1 atom stereocenters. The normalized spacial score (nSPS) is 12.2. The van der Waals surface area contributed by atoms with Gasteiger partial charge in [0, 0.05) is 10.6 Å². The minimum Gasteiger partial charge on any atom is -0.496 e. The van der Waals surface area contributed by atoms with Crippen LogP contribution in [0.15, 0.2) is 42.5 Å². The van der Waals surface area contributed by atoms with Gasteiger partial charge >= 0.3 is 0 Å². The molecule has 2 aromatic rings. The van der Waals surface area contributed by atoms with Gasteiger partial charge < -0.3 is 9.84 Å². The predicted octanol–water partition coefficient (Wildman–Crippen LogP) is 3.74. The smallest absolute Gasteiger partial charge is 0.125 e. The lowest BCUT2D eigenvalue weighted by molar-refractivity contribution is 0.214. The highest BCUT2D eigenvalue weighted by Gasteiger charge is 2.15. The van der Waals surface area contributed by atoms with Crippen molar-refractivity contribution in [3.8, 4) is 5.75 Å². The van der Waals surface area contributed by atoms with E-state index in [0.717, 1.165) is 16.7 Å². The molecule has 0 heterocycles. The van der Waals surface area contributed by atoms with E-state index < -0.39 is 6.10 Å². The van der Waals surface area contributed by atoms with Crippen molar-refractivity contribution in [2.24, 2.45) is 0 Å². The van der Waals surface area contributed by atoms with Crippen molar-refractivity contribution in [2.75, 3.05) is 7.11 Å². The van der Waals surface area contributed by atoms with Gasteiger partial charge in [-0.25, -0.2) is 0 Å². The summed E-state index contributed by atoms with van der Waals surface area (Å²) in [6.07, 6.45) is -0.737. The Bertz CT molecular complexity index is 552. The maximum absolute atomic E-state index is 10.4. The number of rotatable bonds is 3. The first-order valence-corrected chi connectivity index (χ1v) is 6.07. The van der Waals surface area contributed by atoms with Gasteiger partial charge in [-0.1, -0.05) is 35.9 Å². The van der Waals surface area contributed by atoms with Crippen LogP contribution in [0.4, 0.5) is 0 Å². The molecule has 1 N–H and O–H groups in total. The van der Waals surface area contributed by atoms with Gasteiger partial charge in [0.05, 0.1) is 7.11 Å². The molecule has 2 rings (SSSR count). The van der Waals surface area contributed by atoms with Gasteiger partial charge in [0.25, 0.3) is 0 Å². The first-order chi connectivity index (χ1) is 8.61. The van der Waals surface area contributed by atoms with Crippen LogP contribution in [-0.2, 0) is 0 Å². The maximum atomic E-state index is 10.4. The molecule has 3 heteroatoms. The standard InChI is InChI=1S/C15H15ClO2/c1-10-6-7-13(14(8-10)18-2)15(17)11-4-3-5-12(16)9-11/h3-9,15,17H,1-2H3. The highest BCUT2D eigenvalue weighted by Crippen LogP contribution is 2.31. The third kappa shape index (κ3) is 2.66. The molecule has 0 spiro atoms. The van der Waals surface area contributed by atoms with Gasteiger partial charge in [-0.05, 0) is 36.2 Å². The second-order valence-corrected chi connectivity index (χ2v) is 4.64. The molecule has 0 bridgehead atoms. The molecule has 0 saturated heterocycles. The Hall–Kier alpha value is -1.51. The Kier molecular flexibility index (Phi) is 3.90. The lowest BCUT2D eigenvalue weighted by Crippen LogP contribution is -2.02. The summed E-state index contributed by atoms with van der Waals surface area (Å²) in [4.78, 5) is 0. The zero-order valence-electron chi connectivity index (χ0n) is 10.4. The molecular formula is C15H15ClO2. The lowest BCUT2D eigenvalue weighted by atomic mass is 9.99. The number of aliphatic hydroxyl groups excluding tert-OH is 1. The second kappa shape index (κ2) is 5.42. The minimum absolute atomic E-state index is 0.609. The molecular weight excluding hydrogens is 248 g/mol. The Morgan fingerprint density at radius 1 is 1.17 bits per heavy atom. The Morgan fingerprint density at radius 2 is 1.94 bits per heavy atom. The maximum Gasteiger partial charge on any atom is 0.125 e. The topological polar surface area (TPSA) is 29.5 Å². The molecule has 0 radical (unpaired) electrons. The van der Waals surface area contributed by atoms with Gasteiger partial charge in [-0.2, -0.15) is 0 Å². The largest absolute Gasteiger partial charge is 0.496 e. The molecule has 0 fully saturated rings. The van der Waals surface area contributed by atoms with Gasteiger partial charge in [0.2, 0.25) is 0 Å². The molecule has 0 aliphatic carbocycles. The molecule has 0 aliphatic heterocycles. The molecule has 2 aromatic carbocycles. The van der Waals surface area contributed by atoms with Crippen LogP contribution >= 0.6 is 11.6 Å². The molecule has 1 unspecified atom stereocenters. The van der Waals surface area contributed by atoms with Crippen LogP contribution in [-0.4, -0.2) is 12.2 Å². The first kappa shape index (κ1) is 12.9. The van der Waals surface area contributed by atoms with Crippen molar-refractivity contribution in [3.63, 3.8) is 0 Å². The second-order valence-electron chi connectivity index (χ2n) is 4.20. The number of ether oxygens (including phenoxy) is 1. The average Bonchev–Trinajstić information content (AvgIpc) is 2.37. The summed E-state index contributed by atoms with van der Waals surface area (Å²) in [6, 6.07) is 12.9. The molecule has 94 valence electrons. The summed E-state index contributed by atoms with van der Waals surface area (Å²) < 4.78 is 5.31. The van der Waals surface area contributed by atoms with Gasteiger partial charge in [-0.15, -0.1) is 0 Å². The highest BCUT2D eigenvalue weighted by molar-refractivity contribution is 6.30. The van der Waals surface area contributed by atoms with Crippen LogP contribution in [0.2, 0.25) is 5.02 Å². The van der Waals surface area contributed by atoms with Crippen LogP contribution in [0, 0.1) is 6.92 Å². The number of halogens is 1. The van der Waals surface area contributed by atoms with Crippen LogP contribution < -0.4 is 4.74 Å². The quantitative estimate of drug-likeness (QED) is 0.913. The Labute approximate surface area is 112 Å². The number of hydrogen-bond donors (Lipinski definition) is 1. The zero-order valence-corrected chi connectivity index (χ0v) is 11.1. The summed E-state index contributed by atoms with van der Waals surface area (Å²) in [6.45, 7) is 1.98. The zero-order chi connectivity index (χ0) is 13.1. The monoisotopic (exact) mass is 262 g/mol. The van der Waals surface area contributed by atoms with E-state index in [1.54, 1.807) is 19.2 Å². The third-order valence-corrected chi connectivity index (χ3v) is 3.08. The minimum atomic E-state index is -0.737. The van der Waals surface area contributed by atoms with Crippen molar-refractivity contribution in [1.82, 2.24) is 0 Å². The van der Waals surface area contributed by atoms with Crippen LogP contribution in [0.5, 0.6) is 5.75 Å². The number of benzene rings is 2. The highest BCUT2D eigenvalue weighted by atomic mass is 35.5. The van der Waals surface area contributed by atoms with Crippen LogP contribution in [0.25, 0.3) is 0 Å². The van der Waals surface area contributed by atoms with E-state index in [-0.39, 0.29) is 0 Å². The van der Waals surface area contributed by atoms with Crippen molar-refractivity contribution >= 4 is 11.6 Å². The van der Waals surface area contributed by atoms with Gasteiger partial charge in [-0.3, -0.25) is 0 Å². The van der Waals surface area contributed by atoms with Gasteiger partial charge in [0.15, 0.2) is 0 Å². The SMILES string of the molecule is COc1cc(C)ccc1C(O)c1cccc(Cl)c1. The number of aryl methyl sites for hydroxylation is 1. The van der Waals surface area contributed by atoms with Crippen molar-refractivity contribution in [1.29, 1.82) is 0 Å². The van der Waals surface area contributed by atoms with E-state index in [1.807, 2.05) is 37.3 Å². The summed E-state index contributed by atoms with van der Waals surface area (Å²) >= 11 is 5.93. The van der Waals surface area contributed by atoms with E-state index in [4.69, 9.17) is 16.3 Å². The number of methoxy groups -OCH3 is 1. The predicted molar refractivity (Wildman–Crippen MR) is 73.2 cm³/mol. The van der Waals surface area contributed by atoms with E-state index in [2.05, 4.69) is 0 Å². The summed E-state index contributed by atoms with van der Waals surface area (Å²) in [5.74, 6) is 0.683. The number of aliphatic hydroxyl groups is 1. The lowest BCUT2D eigenvalue weighted by Gasteiger charge is -2.16. The fraction of sp³-hybridized carbons (Fsp3) is 0.200. The molecule has 0 aliphatic rings. The summed E-state index contributed by atoms with van der Waals surface area (Å²) in [7, 11) is 1.60. The summed E-state index contributed by atoms with van der Waals surface area (Å²) in [5.41, 5.74) is 2.59.